The van der Waals surface area contributed by atoms with Crippen molar-refractivity contribution < 1.29 is 20.5 Å². The summed E-state index contributed by atoms with van der Waals surface area (Å²) in [5, 5.41) is 5.81. The summed E-state index contributed by atoms with van der Waals surface area (Å²) in [6.07, 6.45) is 4.99. The van der Waals surface area contributed by atoms with E-state index in [9.17, 15) is 14.4 Å². The van der Waals surface area contributed by atoms with Gasteiger partial charge in [0.2, 0.25) is 17.7 Å². The summed E-state index contributed by atoms with van der Waals surface area (Å²) in [7, 11) is 0. The zero-order chi connectivity index (χ0) is 30.4. The molecule has 4 atom stereocenters. The number of nitrogens with zero attached hydrogens (tertiary/aromatic N) is 2. The molecule has 3 amide bonds. The molecule has 4 rings (SSSR count). The molecular formula is C31H41N7O4. The Morgan fingerprint density at radius 3 is 2.48 bits per heavy atom. The van der Waals surface area contributed by atoms with Crippen LogP contribution in [0.3, 0.4) is 0 Å². The smallest absolute Gasteiger partial charge is 0.246 e. The molecule has 1 aliphatic heterocycles. The first-order valence-electron chi connectivity index (χ1n) is 14.9. The second-order valence-corrected chi connectivity index (χ2v) is 10.5. The van der Waals surface area contributed by atoms with E-state index in [0.29, 0.717) is 31.8 Å². The highest BCUT2D eigenvalue weighted by molar-refractivity contribution is 5.93. The molecule has 1 aliphatic rings. The van der Waals surface area contributed by atoms with Crippen LogP contribution < -0.4 is 22.1 Å². The molecule has 42 heavy (non-hydrogen) atoms. The predicted octanol–water partition coefficient (Wildman–Crippen LogP) is 1.05. The Labute approximate surface area is 247 Å². The average molecular weight is 577 g/mol. The summed E-state index contributed by atoms with van der Waals surface area (Å²) >= 11 is 0. The molecule has 11 heteroatoms. The van der Waals surface area contributed by atoms with Crippen molar-refractivity contribution in [1.29, 1.82) is 0 Å². The van der Waals surface area contributed by atoms with Gasteiger partial charge in [0.15, 0.2) is 0 Å². The minimum Gasteiger partial charge on any atom is -0.372 e. The van der Waals surface area contributed by atoms with E-state index in [-0.39, 0.29) is 37.3 Å². The van der Waals surface area contributed by atoms with Gasteiger partial charge >= 0.3 is 0 Å². The fourth-order valence-electron chi connectivity index (χ4n) is 5.03. The van der Waals surface area contributed by atoms with Crippen LogP contribution in [-0.4, -0.2) is 76.5 Å². The Balaban J connectivity index is 1.52. The third-order valence-electron chi connectivity index (χ3n) is 7.30. The van der Waals surface area contributed by atoms with Gasteiger partial charge in [0.25, 0.3) is 0 Å². The highest BCUT2D eigenvalue weighted by Crippen LogP contribution is 2.24. The van der Waals surface area contributed by atoms with Crippen molar-refractivity contribution in [2.45, 2.75) is 62.9 Å². The van der Waals surface area contributed by atoms with Gasteiger partial charge in [-0.05, 0) is 30.5 Å². The molecule has 11 nitrogen and oxygen atoms in total. The number of carbonyl (C=O) groups is 3. The number of nitrogens with one attached hydrogen (secondary N) is 3. The molecule has 224 valence electrons. The molecule has 1 aromatic heterocycles. The Morgan fingerprint density at radius 2 is 1.81 bits per heavy atom. The number of aromatic nitrogens is 2. The lowest BCUT2D eigenvalue weighted by Crippen LogP contribution is -2.56. The fourth-order valence-corrected chi connectivity index (χ4v) is 5.03. The van der Waals surface area contributed by atoms with Crippen molar-refractivity contribution in [2.24, 2.45) is 11.5 Å². The topological polar surface area (TPSA) is 168 Å². The van der Waals surface area contributed by atoms with E-state index >= 15 is 0 Å². The monoisotopic (exact) mass is 576 g/mol. The lowest BCUT2D eigenvalue weighted by Gasteiger charge is -2.29. The second kappa shape index (κ2) is 15.8. The van der Waals surface area contributed by atoms with Crippen LogP contribution in [0.2, 0.25) is 1.41 Å². The van der Waals surface area contributed by atoms with E-state index in [0.717, 1.165) is 24.0 Å². The number of hydrogen-bond donors (Lipinski definition) is 5. The molecule has 0 radical (unpaired) electrons. The number of unbranched alkanes of at least 4 members (excludes halogenated alkanes) is 1. The maximum absolute atomic E-state index is 14.2. The molecule has 1 saturated heterocycles. The molecular weight excluding hydrogens is 534 g/mol. The highest BCUT2D eigenvalue weighted by atomic mass is 16.5. The van der Waals surface area contributed by atoms with E-state index in [2.05, 4.69) is 26.3 Å². The zero-order valence-corrected chi connectivity index (χ0v) is 23.7. The normalized spacial score (nSPS) is 18.2. The van der Waals surface area contributed by atoms with Crippen LogP contribution in [0.25, 0.3) is 0 Å². The minimum absolute atomic E-state index is 0.189. The van der Waals surface area contributed by atoms with E-state index < -0.39 is 24.0 Å². The van der Waals surface area contributed by atoms with E-state index in [4.69, 9.17) is 11.9 Å². The molecule has 7 N–H and O–H groups in total. The summed E-state index contributed by atoms with van der Waals surface area (Å²) < 4.78 is 13.9. The van der Waals surface area contributed by atoms with E-state index in [1.807, 2.05) is 60.7 Å². The number of hydrogen-bond acceptors (Lipinski definition) is 7. The standard InChI is InChI=1S/C31H41N7O4/c32-13-7-8-14-35-30(40)28-17-25(42-20-23-11-5-2-6-12-23)19-38(28)31(41)27(15-22-9-3-1-4-10-22)37-29(39)26(33)16-24-18-34-21-36-24/h1-6,9-12,18,21,25-28H,7-8,13-17,19-20,32-33H2,(H,34,36)(H,35,40)(H,37,39)/t25-,26+,27+,28+/m1/s1/i/hD. The fraction of sp³-hybridized carbons (Fsp3) is 0.419. The summed E-state index contributed by atoms with van der Waals surface area (Å²) in [5.74, 6) is -1.14. The number of amides is 3. The van der Waals surface area contributed by atoms with Crippen molar-refractivity contribution in [2.75, 3.05) is 19.6 Å². The Kier molecular flexibility index (Phi) is 11.1. The Bertz CT molecular complexity index is 1280. The van der Waals surface area contributed by atoms with Gasteiger partial charge in [0.05, 0.1) is 25.1 Å². The molecule has 0 aliphatic carbocycles. The number of ether oxygens (including phenoxy) is 1. The Hall–Kier alpha value is -4.06. The maximum Gasteiger partial charge on any atom is 0.246 e. The van der Waals surface area contributed by atoms with Crippen LogP contribution in [0.5, 0.6) is 0 Å². The van der Waals surface area contributed by atoms with Crippen LogP contribution in [0, 0.1) is 0 Å². The van der Waals surface area contributed by atoms with Gasteiger partial charge in [-0.3, -0.25) is 14.4 Å². The number of aromatic amines is 1. The minimum atomic E-state index is -0.965. The lowest BCUT2D eigenvalue weighted by atomic mass is 10.0. The SMILES string of the molecule is [2H]N[C@@H](Cc1cnc[nH]1)C(=O)N[C@@H](Cc1ccccc1)C(=O)N1C[C@H](OCc2ccccc2)C[C@H]1C(=O)NCCCCN. The number of nitrogens with two attached hydrogens (primary N) is 2. The van der Waals surface area contributed by atoms with Crippen molar-refractivity contribution in [3.05, 3.63) is 90.0 Å². The molecule has 2 aromatic carbocycles. The zero-order valence-electron chi connectivity index (χ0n) is 24.7. The molecule has 0 saturated carbocycles. The number of likely N-dealkylation sites (tertiary alicyclic amines) is 1. The van der Waals surface area contributed by atoms with Gasteiger partial charge in [-0.15, -0.1) is 0 Å². The Morgan fingerprint density at radius 1 is 1.07 bits per heavy atom. The van der Waals surface area contributed by atoms with Crippen LogP contribution in [-0.2, 0) is 38.6 Å². The van der Waals surface area contributed by atoms with Crippen molar-refractivity contribution in [3.63, 3.8) is 0 Å². The van der Waals surface area contributed by atoms with Gasteiger partial charge in [-0.2, -0.15) is 0 Å². The summed E-state index contributed by atoms with van der Waals surface area (Å²) in [5.41, 5.74) is 10.4. The number of benzene rings is 2. The van der Waals surface area contributed by atoms with Gasteiger partial charge < -0.3 is 36.7 Å². The summed E-state index contributed by atoms with van der Waals surface area (Å²) in [6, 6.07) is 16.5. The quantitative estimate of drug-likeness (QED) is 0.159. The molecule has 3 aromatic rings. The van der Waals surface area contributed by atoms with Crippen molar-refractivity contribution in [1.82, 2.24) is 25.5 Å². The summed E-state index contributed by atoms with van der Waals surface area (Å²) in [6.45, 7) is 1.56. The van der Waals surface area contributed by atoms with Crippen LogP contribution in [0.1, 0.15) is 36.1 Å². The molecule has 0 bridgehead atoms. The summed E-state index contributed by atoms with van der Waals surface area (Å²) in [4.78, 5) is 49.3. The lowest BCUT2D eigenvalue weighted by molar-refractivity contribution is -0.141. The molecule has 2 heterocycles. The van der Waals surface area contributed by atoms with Crippen LogP contribution in [0.4, 0.5) is 0 Å². The van der Waals surface area contributed by atoms with Gasteiger partial charge in [0, 0.05) is 44.2 Å². The average Bonchev–Trinajstić information content (AvgIpc) is 3.71. The first kappa shape index (κ1) is 29.4. The maximum atomic E-state index is 14.2. The molecule has 0 unspecified atom stereocenters. The van der Waals surface area contributed by atoms with Gasteiger partial charge in [-0.25, -0.2) is 4.98 Å². The third-order valence-corrected chi connectivity index (χ3v) is 7.30. The predicted molar refractivity (Wildman–Crippen MR) is 159 cm³/mol. The second-order valence-electron chi connectivity index (χ2n) is 10.5. The van der Waals surface area contributed by atoms with Gasteiger partial charge in [-0.1, -0.05) is 60.7 Å². The molecule has 0 spiro atoms. The number of carbonyl (C=O) groups excluding carboxylic acids is 3. The highest BCUT2D eigenvalue weighted by Gasteiger charge is 2.42. The number of rotatable bonds is 16. The number of H-pyrrole nitrogens is 1. The first-order valence-corrected chi connectivity index (χ1v) is 14.4. The number of imidazole rings is 1. The van der Waals surface area contributed by atoms with Crippen molar-refractivity contribution in [3.8, 4) is 0 Å². The largest absolute Gasteiger partial charge is 0.372 e. The van der Waals surface area contributed by atoms with Crippen LogP contribution in [0.15, 0.2) is 73.2 Å². The van der Waals surface area contributed by atoms with Gasteiger partial charge in [0.1, 0.15) is 13.5 Å². The van der Waals surface area contributed by atoms with E-state index in [1.165, 1.54) is 11.2 Å². The van der Waals surface area contributed by atoms with Crippen LogP contribution >= 0.6 is 0 Å². The third kappa shape index (κ3) is 8.97. The van der Waals surface area contributed by atoms with Crippen molar-refractivity contribution >= 4 is 17.7 Å². The molecule has 1 fully saturated rings. The first-order chi connectivity index (χ1) is 21.0. The van der Waals surface area contributed by atoms with E-state index in [1.54, 1.807) is 6.20 Å².